The summed E-state index contributed by atoms with van der Waals surface area (Å²) >= 11 is 0. The lowest BCUT2D eigenvalue weighted by Crippen LogP contribution is -2.56. The Labute approximate surface area is 113 Å². The van der Waals surface area contributed by atoms with E-state index in [4.69, 9.17) is 14.2 Å². The van der Waals surface area contributed by atoms with E-state index in [-0.39, 0.29) is 23.6 Å². The Hall–Kier alpha value is -1.10. The third-order valence-electron chi connectivity index (χ3n) is 4.38. The van der Waals surface area contributed by atoms with Crippen LogP contribution in [0.3, 0.4) is 0 Å². The fraction of sp³-hybridized carbons (Fsp3) is 0.857. The summed E-state index contributed by atoms with van der Waals surface area (Å²) in [7, 11) is 0. The number of rotatable bonds is 2. The first-order valence-corrected chi connectivity index (χ1v) is 6.70. The lowest BCUT2D eigenvalue weighted by atomic mass is 9.73. The van der Waals surface area contributed by atoms with Crippen molar-refractivity contribution in [2.24, 2.45) is 5.92 Å². The van der Waals surface area contributed by atoms with Crippen LogP contribution in [0, 0.1) is 5.92 Å². The summed E-state index contributed by atoms with van der Waals surface area (Å²) in [4.78, 5) is 22.6. The molecule has 1 aliphatic carbocycles. The molecule has 1 heterocycles. The Morgan fingerprint density at radius 1 is 1.11 bits per heavy atom. The van der Waals surface area contributed by atoms with E-state index in [2.05, 4.69) is 0 Å². The van der Waals surface area contributed by atoms with Gasteiger partial charge in [-0.3, -0.25) is 9.59 Å². The van der Waals surface area contributed by atoms with Crippen LogP contribution >= 0.6 is 0 Å². The maximum absolute atomic E-state index is 11.4. The van der Waals surface area contributed by atoms with Gasteiger partial charge in [-0.1, -0.05) is 0 Å². The van der Waals surface area contributed by atoms with Crippen LogP contribution in [0.5, 0.6) is 0 Å². The van der Waals surface area contributed by atoms with Crippen molar-refractivity contribution in [1.82, 2.24) is 0 Å². The highest BCUT2D eigenvalue weighted by atomic mass is 16.6. The number of carbonyl (C=O) groups is 2. The molecule has 0 aromatic heterocycles. The third kappa shape index (κ3) is 2.48. The number of esters is 2. The van der Waals surface area contributed by atoms with E-state index in [1.165, 1.54) is 13.8 Å². The molecule has 2 rings (SSSR count). The molecule has 0 aromatic rings. The summed E-state index contributed by atoms with van der Waals surface area (Å²) in [6, 6.07) is 0. The Bertz CT molecular complexity index is 403. The summed E-state index contributed by atoms with van der Waals surface area (Å²) in [5.74, 6) is -0.431. The van der Waals surface area contributed by atoms with E-state index in [1.807, 2.05) is 13.8 Å². The molecule has 5 nitrogen and oxygen atoms in total. The highest BCUT2D eigenvalue weighted by molar-refractivity contribution is 5.68. The Morgan fingerprint density at radius 3 is 2.26 bits per heavy atom. The summed E-state index contributed by atoms with van der Waals surface area (Å²) in [6.07, 6.45) is 0.815. The van der Waals surface area contributed by atoms with Crippen LogP contribution < -0.4 is 0 Å². The number of hydrogen-bond acceptors (Lipinski definition) is 5. The molecule has 2 bridgehead atoms. The summed E-state index contributed by atoms with van der Waals surface area (Å²) in [5, 5.41) is 0. The van der Waals surface area contributed by atoms with Crippen molar-refractivity contribution in [3.8, 4) is 0 Å². The van der Waals surface area contributed by atoms with Gasteiger partial charge in [0.15, 0.2) is 5.60 Å². The number of hydrogen-bond donors (Lipinski definition) is 0. The van der Waals surface area contributed by atoms with Crippen LogP contribution in [-0.4, -0.2) is 35.3 Å². The fourth-order valence-electron chi connectivity index (χ4n) is 3.29. The first kappa shape index (κ1) is 14.3. The Balaban J connectivity index is 2.30. The van der Waals surface area contributed by atoms with Gasteiger partial charge in [-0.25, -0.2) is 0 Å². The SMILES string of the molecule is CC(=O)O[C@H]1C[C@H]2C[C@@H](OC2(C)C)[C@]1(C)OC(C)=O. The van der Waals surface area contributed by atoms with E-state index >= 15 is 0 Å². The molecule has 4 atom stereocenters. The molecule has 1 aliphatic heterocycles. The van der Waals surface area contributed by atoms with Crippen LogP contribution in [0.4, 0.5) is 0 Å². The lowest BCUT2D eigenvalue weighted by molar-refractivity contribution is -0.207. The normalized spacial score (nSPS) is 39.7. The largest absolute Gasteiger partial charge is 0.458 e. The van der Waals surface area contributed by atoms with Gasteiger partial charge in [0.2, 0.25) is 0 Å². The van der Waals surface area contributed by atoms with Gasteiger partial charge in [-0.15, -0.1) is 0 Å². The number of ether oxygens (including phenoxy) is 3. The van der Waals surface area contributed by atoms with Gasteiger partial charge in [0, 0.05) is 13.8 Å². The van der Waals surface area contributed by atoms with E-state index in [0.717, 1.165) is 6.42 Å². The minimum atomic E-state index is -0.901. The molecule has 1 saturated carbocycles. The maximum atomic E-state index is 11.4. The van der Waals surface area contributed by atoms with Crippen LogP contribution in [0.15, 0.2) is 0 Å². The van der Waals surface area contributed by atoms with Crippen molar-refractivity contribution < 1.29 is 23.8 Å². The van der Waals surface area contributed by atoms with Crippen molar-refractivity contribution >= 4 is 11.9 Å². The first-order valence-electron chi connectivity index (χ1n) is 6.70. The smallest absolute Gasteiger partial charge is 0.303 e. The van der Waals surface area contributed by atoms with Gasteiger partial charge in [0.25, 0.3) is 0 Å². The third-order valence-corrected chi connectivity index (χ3v) is 4.38. The molecule has 1 saturated heterocycles. The van der Waals surface area contributed by atoms with Crippen molar-refractivity contribution in [3.63, 3.8) is 0 Å². The van der Waals surface area contributed by atoms with Crippen molar-refractivity contribution in [2.75, 3.05) is 0 Å². The summed E-state index contributed by atoms with van der Waals surface area (Å²) in [6.45, 7) is 8.59. The van der Waals surface area contributed by atoms with Crippen LogP contribution in [0.1, 0.15) is 47.5 Å². The molecule has 5 heteroatoms. The van der Waals surface area contributed by atoms with E-state index in [1.54, 1.807) is 6.92 Å². The molecule has 2 fully saturated rings. The van der Waals surface area contributed by atoms with Crippen LogP contribution in [-0.2, 0) is 23.8 Å². The molecule has 0 aromatic carbocycles. The zero-order valence-electron chi connectivity index (χ0n) is 12.2. The molecule has 0 radical (unpaired) electrons. The zero-order chi connectivity index (χ0) is 14.4. The molecule has 0 amide bonds. The standard InChI is InChI=1S/C14H22O5/c1-8(15)17-11-6-10-7-12(19-13(10,3)4)14(11,5)18-9(2)16/h10-12H,6-7H2,1-5H3/t10-,11-,12+,14+/m0/s1. The predicted molar refractivity (Wildman–Crippen MR) is 67.4 cm³/mol. The second-order valence-corrected chi connectivity index (χ2v) is 6.25. The molecule has 0 spiro atoms. The quantitative estimate of drug-likeness (QED) is 0.716. The lowest BCUT2D eigenvalue weighted by Gasteiger charge is -2.42. The number of fused-ring (bicyclic) bond motifs is 2. The second-order valence-electron chi connectivity index (χ2n) is 6.25. The number of carbonyl (C=O) groups excluding carboxylic acids is 2. The van der Waals surface area contributed by atoms with Crippen molar-refractivity contribution in [3.05, 3.63) is 0 Å². The van der Waals surface area contributed by atoms with Gasteiger partial charge in [-0.2, -0.15) is 0 Å². The maximum Gasteiger partial charge on any atom is 0.303 e. The topological polar surface area (TPSA) is 61.8 Å². The minimum absolute atomic E-state index is 0.227. The average molecular weight is 270 g/mol. The second kappa shape index (κ2) is 4.47. The fourth-order valence-corrected chi connectivity index (χ4v) is 3.29. The van der Waals surface area contributed by atoms with Crippen LogP contribution in [0.25, 0.3) is 0 Å². The summed E-state index contributed by atoms with van der Waals surface area (Å²) in [5.41, 5.74) is -1.18. The predicted octanol–water partition coefficient (Wildman–Crippen LogP) is 1.83. The highest BCUT2D eigenvalue weighted by Gasteiger charge is 2.60. The monoisotopic (exact) mass is 270 g/mol. The van der Waals surface area contributed by atoms with E-state index in [9.17, 15) is 9.59 Å². The van der Waals surface area contributed by atoms with E-state index in [0.29, 0.717) is 12.3 Å². The molecule has 0 N–H and O–H groups in total. The van der Waals surface area contributed by atoms with Crippen molar-refractivity contribution in [1.29, 1.82) is 0 Å². The van der Waals surface area contributed by atoms with Gasteiger partial charge in [0.1, 0.15) is 12.2 Å². The van der Waals surface area contributed by atoms with Gasteiger partial charge in [-0.05, 0) is 39.5 Å². The highest BCUT2D eigenvalue weighted by Crippen LogP contribution is 2.50. The van der Waals surface area contributed by atoms with Crippen molar-refractivity contribution in [2.45, 2.75) is 70.9 Å². The van der Waals surface area contributed by atoms with Crippen LogP contribution in [0.2, 0.25) is 0 Å². The van der Waals surface area contributed by atoms with Gasteiger partial charge < -0.3 is 14.2 Å². The Kier molecular flexibility index (Phi) is 3.37. The molecule has 0 unspecified atom stereocenters. The minimum Gasteiger partial charge on any atom is -0.458 e. The van der Waals surface area contributed by atoms with Gasteiger partial charge in [0.05, 0.1) is 5.60 Å². The van der Waals surface area contributed by atoms with E-state index < -0.39 is 11.7 Å². The Morgan fingerprint density at radius 2 is 1.74 bits per heavy atom. The first-order chi connectivity index (χ1) is 8.65. The van der Waals surface area contributed by atoms with Gasteiger partial charge >= 0.3 is 11.9 Å². The molecule has 108 valence electrons. The zero-order valence-corrected chi connectivity index (χ0v) is 12.2. The summed E-state index contributed by atoms with van der Waals surface area (Å²) < 4.78 is 16.9. The molecular formula is C14H22O5. The average Bonchev–Trinajstić information content (AvgIpc) is 2.48. The molecular weight excluding hydrogens is 248 g/mol. The molecule has 2 aliphatic rings. The molecule has 19 heavy (non-hydrogen) atoms.